The summed E-state index contributed by atoms with van der Waals surface area (Å²) in [7, 11) is 1.96. The zero-order chi connectivity index (χ0) is 16.2. The highest BCUT2D eigenvalue weighted by atomic mass is 35.5. The highest BCUT2D eigenvalue weighted by molar-refractivity contribution is 6.31. The lowest BCUT2D eigenvalue weighted by Crippen LogP contribution is -2.50. The van der Waals surface area contributed by atoms with Gasteiger partial charge in [-0.25, -0.2) is 0 Å². The lowest BCUT2D eigenvalue weighted by molar-refractivity contribution is -0.139. The Labute approximate surface area is 133 Å². The zero-order valence-electron chi connectivity index (χ0n) is 13.9. The first-order valence-corrected chi connectivity index (χ1v) is 7.89. The summed E-state index contributed by atoms with van der Waals surface area (Å²) in [5.74, 6) is 0.162. The van der Waals surface area contributed by atoms with Gasteiger partial charge in [-0.15, -0.1) is 0 Å². The molecule has 0 unspecified atom stereocenters. The normalized spacial score (nSPS) is 13.0. The van der Waals surface area contributed by atoms with Crippen LogP contribution >= 0.6 is 11.6 Å². The minimum Gasteiger partial charge on any atom is -0.336 e. The number of carbonyl (C=O) groups excluding carboxylic acids is 1. The van der Waals surface area contributed by atoms with E-state index >= 15 is 0 Å². The standard InChI is InChI=1S/C17H27ClN2O/c1-12(2)20(13(3)4)17(21)14(5)19(6)11-15-9-7-8-10-16(15)18/h7-10,12-14H,11H2,1-6H3/t14-/m1/s1. The monoisotopic (exact) mass is 310 g/mol. The van der Waals surface area contributed by atoms with Gasteiger partial charge in [-0.1, -0.05) is 29.8 Å². The van der Waals surface area contributed by atoms with Crippen molar-refractivity contribution in [2.24, 2.45) is 0 Å². The second kappa shape index (κ2) is 7.81. The van der Waals surface area contributed by atoms with Gasteiger partial charge in [0.1, 0.15) is 0 Å². The van der Waals surface area contributed by atoms with Crippen molar-refractivity contribution in [3.8, 4) is 0 Å². The fraction of sp³-hybridized carbons (Fsp3) is 0.588. The third-order valence-corrected chi connectivity index (χ3v) is 4.13. The fourth-order valence-electron chi connectivity index (χ4n) is 2.54. The van der Waals surface area contributed by atoms with Crippen LogP contribution in [0.15, 0.2) is 24.3 Å². The molecule has 1 amide bonds. The summed E-state index contributed by atoms with van der Waals surface area (Å²) in [6.45, 7) is 10.8. The van der Waals surface area contributed by atoms with Gasteiger partial charge in [0, 0.05) is 23.7 Å². The number of nitrogens with zero attached hydrogens (tertiary/aromatic N) is 2. The van der Waals surface area contributed by atoms with Crippen molar-refractivity contribution in [3.63, 3.8) is 0 Å². The van der Waals surface area contributed by atoms with Gasteiger partial charge in [0.05, 0.1) is 6.04 Å². The molecule has 0 heterocycles. The molecule has 1 aromatic rings. The van der Waals surface area contributed by atoms with Crippen molar-refractivity contribution in [2.75, 3.05) is 7.05 Å². The van der Waals surface area contributed by atoms with Gasteiger partial charge in [0.2, 0.25) is 5.91 Å². The van der Waals surface area contributed by atoms with E-state index in [2.05, 4.69) is 27.7 Å². The third-order valence-electron chi connectivity index (χ3n) is 3.76. The van der Waals surface area contributed by atoms with Gasteiger partial charge in [0.25, 0.3) is 0 Å². The number of halogens is 1. The van der Waals surface area contributed by atoms with Crippen LogP contribution in [0.4, 0.5) is 0 Å². The largest absolute Gasteiger partial charge is 0.336 e. The summed E-state index contributed by atoms with van der Waals surface area (Å²) in [4.78, 5) is 16.7. The molecule has 0 radical (unpaired) electrons. The fourth-order valence-corrected chi connectivity index (χ4v) is 2.74. The average molecular weight is 311 g/mol. The molecule has 0 spiro atoms. The molecule has 0 N–H and O–H groups in total. The van der Waals surface area contributed by atoms with Crippen LogP contribution in [0.3, 0.4) is 0 Å². The Morgan fingerprint density at radius 1 is 1.10 bits per heavy atom. The van der Waals surface area contributed by atoms with Crippen LogP contribution in [0.2, 0.25) is 5.02 Å². The molecule has 4 heteroatoms. The van der Waals surface area contributed by atoms with E-state index in [9.17, 15) is 4.79 Å². The third kappa shape index (κ3) is 4.72. The van der Waals surface area contributed by atoms with Gasteiger partial charge in [-0.3, -0.25) is 9.69 Å². The van der Waals surface area contributed by atoms with E-state index in [-0.39, 0.29) is 24.0 Å². The second-order valence-corrected chi connectivity index (χ2v) is 6.52. The molecular formula is C17H27ClN2O. The minimum absolute atomic E-state index is 0.162. The van der Waals surface area contributed by atoms with E-state index in [0.717, 1.165) is 10.6 Å². The number of carbonyl (C=O) groups is 1. The predicted octanol–water partition coefficient (Wildman–Crippen LogP) is 3.81. The summed E-state index contributed by atoms with van der Waals surface area (Å²) >= 11 is 6.19. The van der Waals surface area contributed by atoms with Gasteiger partial charge >= 0.3 is 0 Å². The Balaban J connectivity index is 2.80. The van der Waals surface area contributed by atoms with E-state index < -0.39 is 0 Å². The van der Waals surface area contributed by atoms with Gasteiger partial charge in [-0.2, -0.15) is 0 Å². The first-order valence-electron chi connectivity index (χ1n) is 7.51. The molecule has 0 saturated heterocycles. The first-order chi connectivity index (χ1) is 9.75. The van der Waals surface area contributed by atoms with E-state index in [1.165, 1.54) is 0 Å². The van der Waals surface area contributed by atoms with Crippen LogP contribution < -0.4 is 0 Å². The van der Waals surface area contributed by atoms with E-state index in [4.69, 9.17) is 11.6 Å². The van der Waals surface area contributed by atoms with E-state index in [1.54, 1.807) is 0 Å². The predicted molar refractivity (Wildman–Crippen MR) is 89.5 cm³/mol. The molecule has 21 heavy (non-hydrogen) atoms. The smallest absolute Gasteiger partial charge is 0.240 e. The number of rotatable bonds is 6. The Morgan fingerprint density at radius 3 is 2.10 bits per heavy atom. The molecule has 3 nitrogen and oxygen atoms in total. The van der Waals surface area contributed by atoms with Crippen molar-refractivity contribution < 1.29 is 4.79 Å². The van der Waals surface area contributed by atoms with Crippen molar-refractivity contribution in [1.82, 2.24) is 9.80 Å². The zero-order valence-corrected chi connectivity index (χ0v) is 14.7. The van der Waals surface area contributed by atoms with Crippen LogP contribution in [-0.4, -0.2) is 40.9 Å². The van der Waals surface area contributed by atoms with Crippen molar-refractivity contribution >= 4 is 17.5 Å². The average Bonchev–Trinajstić information content (AvgIpc) is 2.39. The summed E-state index contributed by atoms with van der Waals surface area (Å²) < 4.78 is 0. The highest BCUT2D eigenvalue weighted by Crippen LogP contribution is 2.18. The molecule has 1 rings (SSSR count). The topological polar surface area (TPSA) is 23.6 Å². The van der Waals surface area contributed by atoms with Crippen molar-refractivity contribution in [1.29, 1.82) is 0 Å². The maximum absolute atomic E-state index is 12.7. The molecule has 118 valence electrons. The maximum Gasteiger partial charge on any atom is 0.240 e. The number of amides is 1. The second-order valence-electron chi connectivity index (χ2n) is 6.12. The molecule has 0 bridgehead atoms. The van der Waals surface area contributed by atoms with E-state index in [0.29, 0.717) is 6.54 Å². The Kier molecular flexibility index (Phi) is 6.69. The van der Waals surface area contributed by atoms with Crippen molar-refractivity contribution in [2.45, 2.75) is 59.3 Å². The molecule has 0 saturated carbocycles. The summed E-state index contributed by atoms with van der Waals surface area (Å²) in [6, 6.07) is 7.99. The van der Waals surface area contributed by atoms with Crippen LogP contribution in [0.1, 0.15) is 40.2 Å². The molecule has 0 aliphatic rings. The van der Waals surface area contributed by atoms with Crippen LogP contribution in [0.5, 0.6) is 0 Å². The SMILES string of the molecule is CC(C)N(C(=O)[C@@H](C)N(C)Cc1ccccc1Cl)C(C)C. The highest BCUT2D eigenvalue weighted by Gasteiger charge is 2.27. The molecule has 0 aliphatic carbocycles. The molecule has 0 fully saturated rings. The Hall–Kier alpha value is -1.06. The van der Waals surface area contributed by atoms with Crippen LogP contribution in [0, 0.1) is 0 Å². The lowest BCUT2D eigenvalue weighted by Gasteiger charge is -2.36. The molecule has 1 aromatic carbocycles. The minimum atomic E-state index is -0.175. The lowest BCUT2D eigenvalue weighted by atomic mass is 10.1. The number of hydrogen-bond donors (Lipinski definition) is 0. The van der Waals surface area contributed by atoms with Crippen LogP contribution in [-0.2, 0) is 11.3 Å². The Morgan fingerprint density at radius 2 is 1.62 bits per heavy atom. The molecule has 0 aromatic heterocycles. The Bertz CT molecular complexity index is 466. The summed E-state index contributed by atoms with van der Waals surface area (Å²) in [6.07, 6.45) is 0. The summed E-state index contributed by atoms with van der Waals surface area (Å²) in [5, 5.41) is 0.744. The van der Waals surface area contributed by atoms with Gasteiger partial charge in [0.15, 0.2) is 0 Å². The number of hydrogen-bond acceptors (Lipinski definition) is 2. The number of likely N-dealkylation sites (N-methyl/N-ethyl adjacent to an activating group) is 1. The molecule has 1 atom stereocenters. The van der Waals surface area contributed by atoms with E-state index in [1.807, 2.05) is 48.0 Å². The van der Waals surface area contributed by atoms with Crippen molar-refractivity contribution in [3.05, 3.63) is 34.9 Å². The molecule has 0 aliphatic heterocycles. The van der Waals surface area contributed by atoms with Crippen LogP contribution in [0.25, 0.3) is 0 Å². The van der Waals surface area contributed by atoms with Gasteiger partial charge < -0.3 is 4.90 Å². The number of benzene rings is 1. The molecular weight excluding hydrogens is 284 g/mol. The van der Waals surface area contributed by atoms with Gasteiger partial charge in [-0.05, 0) is 53.3 Å². The maximum atomic E-state index is 12.7. The first kappa shape index (κ1) is 18.0. The quantitative estimate of drug-likeness (QED) is 0.798. The summed E-state index contributed by atoms with van der Waals surface area (Å²) in [5.41, 5.74) is 1.04.